The third-order valence-electron chi connectivity index (χ3n) is 1.63. The Hall–Kier alpha value is -0.498. The number of carbonyl (C=O) groups excluding carboxylic acids is 1. The van der Waals surface area contributed by atoms with Crippen LogP contribution in [-0.4, -0.2) is 5.91 Å². The summed E-state index contributed by atoms with van der Waals surface area (Å²) in [5.41, 5.74) is 13.7. The Labute approximate surface area is 132 Å². The standard InChI is InChI=1S/C8H7N4O2.W.Y/c9-4-5-1-2-7(10)12(14)6(5)3-8(11)13;;/h1-2,10H,3H2,(H2,11,13);;/q-1;;/p-1. The van der Waals surface area contributed by atoms with Gasteiger partial charge < -0.3 is 20.5 Å². The first kappa shape index (κ1) is 17.9. The van der Waals surface area contributed by atoms with E-state index in [9.17, 15) is 10.0 Å². The maximum atomic E-state index is 11.2. The quantitative estimate of drug-likeness (QED) is 0.482. The molecule has 0 aliphatic carbocycles. The van der Waals surface area contributed by atoms with Crippen molar-refractivity contribution in [2.24, 2.45) is 0 Å². The van der Waals surface area contributed by atoms with Crippen LogP contribution in [-0.2, 0) is 65.0 Å². The predicted molar refractivity (Wildman–Crippen MR) is 47.1 cm³/mol. The van der Waals surface area contributed by atoms with Crippen LogP contribution in [0.25, 0.3) is 11.5 Å². The van der Waals surface area contributed by atoms with Gasteiger partial charge in [-0.05, 0) is 12.1 Å². The molecule has 2 N–H and O–H groups in total. The molecule has 0 spiro atoms. The molecule has 0 aromatic carbocycles. The molecule has 16 heavy (non-hydrogen) atoms. The molecule has 1 amide bonds. The molecular weight excluding hydrogens is 457 g/mol. The fourth-order valence-electron chi connectivity index (χ4n) is 1.00. The molecule has 1 aromatic heterocycles. The average Bonchev–Trinajstić information content (AvgIpc) is 2.13. The van der Waals surface area contributed by atoms with Gasteiger partial charge in [-0.2, -0.15) is 5.26 Å². The van der Waals surface area contributed by atoms with Crippen LogP contribution in [0, 0.1) is 16.5 Å². The Morgan fingerprint density at radius 1 is 1.56 bits per heavy atom. The van der Waals surface area contributed by atoms with Gasteiger partial charge in [0.1, 0.15) is 11.9 Å². The van der Waals surface area contributed by atoms with Gasteiger partial charge in [-0.25, -0.2) is 0 Å². The summed E-state index contributed by atoms with van der Waals surface area (Å²) >= 11 is 0. The van der Waals surface area contributed by atoms with Gasteiger partial charge in [0.15, 0.2) is 0 Å². The summed E-state index contributed by atoms with van der Waals surface area (Å²) in [5, 5.41) is 19.8. The molecule has 1 radical (unpaired) electrons. The first-order chi connectivity index (χ1) is 6.56. The molecule has 1 rings (SSSR count). The Bertz CT molecular complexity index is 433. The van der Waals surface area contributed by atoms with E-state index >= 15 is 0 Å². The largest absolute Gasteiger partial charge is 0.804 e. The summed E-state index contributed by atoms with van der Waals surface area (Å²) in [4.78, 5) is 10.5. The van der Waals surface area contributed by atoms with Crippen molar-refractivity contribution in [3.63, 3.8) is 0 Å². The predicted octanol–water partition coefficient (Wildman–Crippen LogP) is 0.992. The number of carbonyl (C=O) groups is 1. The summed E-state index contributed by atoms with van der Waals surface area (Å²) in [6.07, 6.45) is -0.445. The summed E-state index contributed by atoms with van der Waals surface area (Å²) in [5.74, 6) is -1.31. The minimum Gasteiger partial charge on any atom is -0.804 e. The van der Waals surface area contributed by atoms with Crippen LogP contribution in [0.5, 0.6) is 0 Å². The fraction of sp³-hybridized carbons (Fsp3) is 0.125. The first-order valence-electron chi connectivity index (χ1n) is 3.68. The second-order valence-electron chi connectivity index (χ2n) is 2.59. The number of nitrogens with zero attached hydrogens (tertiary/aromatic N) is 2. The average molecular weight is 463 g/mol. The van der Waals surface area contributed by atoms with Gasteiger partial charge in [0.25, 0.3) is 0 Å². The van der Waals surface area contributed by atoms with E-state index in [-0.39, 0.29) is 75.6 Å². The van der Waals surface area contributed by atoms with Crippen LogP contribution in [0.4, 0.5) is 5.82 Å². The molecule has 0 aliphatic rings. The molecule has 0 unspecified atom stereocenters. The zero-order chi connectivity index (χ0) is 10.7. The van der Waals surface area contributed by atoms with Gasteiger partial charge in [-0.15, -0.1) is 0 Å². The van der Waals surface area contributed by atoms with Gasteiger partial charge in [0, 0.05) is 65.9 Å². The second-order valence-corrected chi connectivity index (χ2v) is 2.59. The van der Waals surface area contributed by atoms with Crippen molar-refractivity contribution in [2.75, 3.05) is 0 Å². The maximum absolute atomic E-state index is 11.2. The topological polar surface area (TPSA) is 115 Å². The van der Waals surface area contributed by atoms with E-state index in [0.29, 0.717) is 0 Å². The fourth-order valence-corrected chi connectivity index (χ4v) is 1.00. The Kier molecular flexibility index (Phi) is 8.63. The number of nitrogens with one attached hydrogen (secondary N) is 2. The third-order valence-corrected chi connectivity index (χ3v) is 1.63. The van der Waals surface area contributed by atoms with E-state index in [0.717, 1.165) is 0 Å². The van der Waals surface area contributed by atoms with E-state index in [1.165, 1.54) is 12.1 Å². The molecule has 6 nitrogen and oxygen atoms in total. The Morgan fingerprint density at radius 2 is 2.12 bits per heavy atom. The molecule has 8 heteroatoms. The van der Waals surface area contributed by atoms with E-state index in [2.05, 4.69) is 0 Å². The number of amides is 1. The van der Waals surface area contributed by atoms with E-state index in [1.807, 2.05) is 0 Å². The number of pyridine rings is 1. The van der Waals surface area contributed by atoms with E-state index in [1.54, 1.807) is 6.07 Å². The van der Waals surface area contributed by atoms with Crippen molar-refractivity contribution in [1.82, 2.24) is 0 Å². The van der Waals surface area contributed by atoms with Crippen molar-refractivity contribution in [2.45, 2.75) is 6.42 Å². The van der Waals surface area contributed by atoms with Crippen LogP contribution in [0.3, 0.4) is 0 Å². The number of aromatic nitrogens is 1. The molecule has 0 atom stereocenters. The summed E-state index contributed by atoms with van der Waals surface area (Å²) in [7, 11) is 0. The van der Waals surface area contributed by atoms with Crippen molar-refractivity contribution >= 4 is 11.7 Å². The normalized spacial score (nSPS) is 8.19. The molecule has 0 saturated heterocycles. The minimum absolute atomic E-state index is 0. The molecule has 0 saturated carbocycles. The molecule has 1 aromatic rings. The minimum atomic E-state index is -0.961. The number of hydrogen-bond acceptors (Lipinski definition) is 3. The van der Waals surface area contributed by atoms with Crippen LogP contribution in [0.15, 0.2) is 12.1 Å². The summed E-state index contributed by atoms with van der Waals surface area (Å²) < 4.78 is 0.186. The number of rotatable bonds is 2. The van der Waals surface area contributed by atoms with Crippen molar-refractivity contribution in [3.8, 4) is 6.07 Å². The van der Waals surface area contributed by atoms with Gasteiger partial charge in [-0.1, -0.05) is 0 Å². The molecule has 81 valence electrons. The van der Waals surface area contributed by atoms with Crippen LogP contribution in [0.1, 0.15) is 11.3 Å². The maximum Gasteiger partial charge on any atom is 0.120 e. The van der Waals surface area contributed by atoms with Crippen molar-refractivity contribution in [1.29, 1.82) is 5.26 Å². The smallest absolute Gasteiger partial charge is 0.120 e. The van der Waals surface area contributed by atoms with Gasteiger partial charge in [0.2, 0.25) is 0 Å². The summed E-state index contributed by atoms with van der Waals surface area (Å²) in [6, 6.07) is 4.19. The van der Waals surface area contributed by atoms with Gasteiger partial charge >= 0.3 is 0 Å². The molecule has 0 aliphatic heterocycles. The number of hydrogen-bond donors (Lipinski definition) is 0. The molecule has 0 bridgehead atoms. The van der Waals surface area contributed by atoms with Crippen LogP contribution in [0.2, 0.25) is 0 Å². The van der Waals surface area contributed by atoms with Crippen molar-refractivity contribution in [3.05, 3.63) is 40.1 Å². The third kappa shape index (κ3) is 4.17. The Balaban J connectivity index is 0. The second kappa shape index (κ2) is 7.72. The molecular formula is C8H6N4O2WY-2. The molecule has 0 fully saturated rings. The van der Waals surface area contributed by atoms with Crippen molar-refractivity contribution < 1.29 is 63.3 Å². The SMILES string of the molecule is N#Cc1ccc([NH-])[n+]([O-])c1CC([NH-])=O.[W].[Y]. The molecule has 1 heterocycles. The number of nitriles is 1. The summed E-state index contributed by atoms with van der Waals surface area (Å²) in [6.45, 7) is 0. The van der Waals surface area contributed by atoms with E-state index in [4.69, 9.17) is 16.7 Å². The Morgan fingerprint density at radius 3 is 2.56 bits per heavy atom. The van der Waals surface area contributed by atoms with Crippen LogP contribution < -0.4 is 4.73 Å². The van der Waals surface area contributed by atoms with E-state index < -0.39 is 12.3 Å². The first-order valence-corrected chi connectivity index (χ1v) is 3.68. The zero-order valence-electron chi connectivity index (χ0n) is 8.06. The zero-order valence-corrected chi connectivity index (χ0v) is 13.8. The van der Waals surface area contributed by atoms with Crippen LogP contribution >= 0.6 is 0 Å². The van der Waals surface area contributed by atoms with Gasteiger partial charge in [-0.3, -0.25) is 5.73 Å². The van der Waals surface area contributed by atoms with Gasteiger partial charge in [0.05, 0.1) is 11.5 Å². The monoisotopic (exact) mass is 463 g/mol.